The molecular formula is C19H20N2. The topological polar surface area (TPSA) is 24.9 Å². The first kappa shape index (κ1) is 12.8. The SMILES string of the molecule is C1=C(c2cncc(-c3ccccc3)c2)C2CNCC(C1)C2. The third-order valence-electron chi connectivity index (χ3n) is 4.73. The first-order valence-corrected chi connectivity index (χ1v) is 7.82. The standard InChI is InChI=1S/C19H20N2/c1-2-4-15(5-3-1)16-9-18(13-21-11-16)19-7-6-14-8-17(19)12-20-10-14/h1-5,7,9,11,13-14,17,20H,6,8,10,12H2. The highest BCUT2D eigenvalue weighted by molar-refractivity contribution is 5.73. The van der Waals surface area contributed by atoms with E-state index in [1.165, 1.54) is 41.6 Å². The summed E-state index contributed by atoms with van der Waals surface area (Å²) >= 11 is 0. The predicted molar refractivity (Wildman–Crippen MR) is 86.7 cm³/mol. The molecule has 4 rings (SSSR count). The van der Waals surface area contributed by atoms with Gasteiger partial charge in [0.15, 0.2) is 0 Å². The number of hydrogen-bond acceptors (Lipinski definition) is 2. The lowest BCUT2D eigenvalue weighted by Gasteiger charge is -2.35. The van der Waals surface area contributed by atoms with Crippen LogP contribution >= 0.6 is 0 Å². The Morgan fingerprint density at radius 3 is 2.71 bits per heavy atom. The summed E-state index contributed by atoms with van der Waals surface area (Å²) in [6.45, 7) is 2.29. The summed E-state index contributed by atoms with van der Waals surface area (Å²) in [5.41, 5.74) is 5.23. The third-order valence-corrected chi connectivity index (χ3v) is 4.73. The van der Waals surface area contributed by atoms with Crippen LogP contribution in [0.4, 0.5) is 0 Å². The Morgan fingerprint density at radius 2 is 1.81 bits per heavy atom. The van der Waals surface area contributed by atoms with E-state index in [1.807, 2.05) is 12.4 Å². The van der Waals surface area contributed by atoms with Crippen molar-refractivity contribution in [3.63, 3.8) is 0 Å². The molecule has 2 atom stereocenters. The maximum Gasteiger partial charge on any atom is 0.0346 e. The van der Waals surface area contributed by atoms with Gasteiger partial charge in [-0.25, -0.2) is 0 Å². The van der Waals surface area contributed by atoms with E-state index in [2.05, 4.69) is 52.8 Å². The number of benzene rings is 1. The number of nitrogens with one attached hydrogen (secondary N) is 1. The highest BCUT2D eigenvalue weighted by atomic mass is 14.9. The first-order chi connectivity index (χ1) is 10.4. The number of piperidine rings is 1. The summed E-state index contributed by atoms with van der Waals surface area (Å²) in [6.07, 6.45) is 8.96. The number of allylic oxidation sites excluding steroid dienone is 1. The van der Waals surface area contributed by atoms with E-state index in [4.69, 9.17) is 0 Å². The van der Waals surface area contributed by atoms with Crippen molar-refractivity contribution in [3.05, 3.63) is 60.4 Å². The highest BCUT2D eigenvalue weighted by Gasteiger charge is 2.28. The van der Waals surface area contributed by atoms with Crippen molar-refractivity contribution >= 4 is 5.57 Å². The molecule has 2 nitrogen and oxygen atoms in total. The van der Waals surface area contributed by atoms with Crippen molar-refractivity contribution < 1.29 is 0 Å². The molecule has 2 heterocycles. The van der Waals surface area contributed by atoms with Crippen molar-refractivity contribution in [3.8, 4) is 11.1 Å². The maximum absolute atomic E-state index is 4.48. The van der Waals surface area contributed by atoms with Crippen LogP contribution in [-0.2, 0) is 0 Å². The van der Waals surface area contributed by atoms with Crippen LogP contribution in [0.3, 0.4) is 0 Å². The molecule has 1 aliphatic carbocycles. The molecule has 2 unspecified atom stereocenters. The second-order valence-corrected chi connectivity index (χ2v) is 6.18. The van der Waals surface area contributed by atoms with Crippen LogP contribution in [-0.4, -0.2) is 18.1 Å². The van der Waals surface area contributed by atoms with Gasteiger partial charge in [-0.15, -0.1) is 0 Å². The van der Waals surface area contributed by atoms with Gasteiger partial charge in [0.25, 0.3) is 0 Å². The zero-order chi connectivity index (χ0) is 14.1. The molecule has 0 spiro atoms. The van der Waals surface area contributed by atoms with E-state index in [0.717, 1.165) is 12.5 Å². The molecular weight excluding hydrogens is 256 g/mol. The van der Waals surface area contributed by atoms with Crippen molar-refractivity contribution in [1.82, 2.24) is 10.3 Å². The molecule has 1 aromatic heterocycles. The molecule has 1 saturated heterocycles. The number of aromatic nitrogens is 1. The Morgan fingerprint density at radius 1 is 0.952 bits per heavy atom. The van der Waals surface area contributed by atoms with Crippen LogP contribution in [0.1, 0.15) is 18.4 Å². The molecule has 1 aromatic carbocycles. The quantitative estimate of drug-likeness (QED) is 0.903. The molecule has 2 aliphatic rings. The van der Waals surface area contributed by atoms with Crippen LogP contribution in [0.15, 0.2) is 54.9 Å². The third kappa shape index (κ3) is 2.52. The van der Waals surface area contributed by atoms with Gasteiger partial charge >= 0.3 is 0 Å². The van der Waals surface area contributed by atoms with Crippen LogP contribution in [0.2, 0.25) is 0 Å². The predicted octanol–water partition coefficient (Wildman–Crippen LogP) is 3.76. The zero-order valence-electron chi connectivity index (χ0n) is 12.1. The number of rotatable bonds is 2. The Kier molecular flexibility index (Phi) is 3.32. The molecule has 1 fully saturated rings. The maximum atomic E-state index is 4.48. The Labute approximate surface area is 125 Å². The van der Waals surface area contributed by atoms with E-state index in [9.17, 15) is 0 Å². The summed E-state index contributed by atoms with van der Waals surface area (Å²) in [5.74, 6) is 1.49. The lowest BCUT2D eigenvalue weighted by atomic mass is 9.76. The summed E-state index contributed by atoms with van der Waals surface area (Å²) in [6, 6.07) is 12.8. The van der Waals surface area contributed by atoms with Gasteiger partial charge in [0.1, 0.15) is 0 Å². The average Bonchev–Trinajstić information content (AvgIpc) is 2.56. The molecule has 106 valence electrons. The monoisotopic (exact) mass is 276 g/mol. The fraction of sp³-hybridized carbons (Fsp3) is 0.316. The smallest absolute Gasteiger partial charge is 0.0346 e. The summed E-state index contributed by atoms with van der Waals surface area (Å²) in [4.78, 5) is 4.48. The second-order valence-electron chi connectivity index (χ2n) is 6.18. The number of nitrogens with zero attached hydrogens (tertiary/aromatic N) is 1. The van der Waals surface area contributed by atoms with E-state index >= 15 is 0 Å². The lowest BCUT2D eigenvalue weighted by Crippen LogP contribution is -2.38. The van der Waals surface area contributed by atoms with Crippen molar-refractivity contribution in [2.24, 2.45) is 11.8 Å². The summed E-state index contributed by atoms with van der Waals surface area (Å²) < 4.78 is 0. The van der Waals surface area contributed by atoms with Crippen LogP contribution in [0.5, 0.6) is 0 Å². The highest BCUT2D eigenvalue weighted by Crippen LogP contribution is 2.37. The number of hydrogen-bond donors (Lipinski definition) is 1. The van der Waals surface area contributed by atoms with Gasteiger partial charge in [0.2, 0.25) is 0 Å². The van der Waals surface area contributed by atoms with Gasteiger partial charge < -0.3 is 5.32 Å². The fourth-order valence-corrected chi connectivity index (χ4v) is 3.65. The van der Waals surface area contributed by atoms with Gasteiger partial charge in [0.05, 0.1) is 0 Å². The van der Waals surface area contributed by atoms with E-state index in [0.29, 0.717) is 5.92 Å². The van der Waals surface area contributed by atoms with Gasteiger partial charge in [0, 0.05) is 24.5 Å². The van der Waals surface area contributed by atoms with E-state index in [1.54, 1.807) is 0 Å². The molecule has 2 aromatic rings. The molecule has 1 N–H and O–H groups in total. The van der Waals surface area contributed by atoms with E-state index < -0.39 is 0 Å². The average molecular weight is 276 g/mol. The molecule has 0 saturated carbocycles. The van der Waals surface area contributed by atoms with Gasteiger partial charge in [-0.1, -0.05) is 36.4 Å². The summed E-state index contributed by atoms with van der Waals surface area (Å²) in [5, 5.41) is 3.57. The van der Waals surface area contributed by atoms with Crippen LogP contribution < -0.4 is 5.32 Å². The number of pyridine rings is 1. The van der Waals surface area contributed by atoms with Crippen molar-refractivity contribution in [1.29, 1.82) is 0 Å². The van der Waals surface area contributed by atoms with Crippen LogP contribution in [0, 0.1) is 11.8 Å². The molecule has 0 radical (unpaired) electrons. The van der Waals surface area contributed by atoms with Gasteiger partial charge in [-0.3, -0.25) is 4.98 Å². The zero-order valence-corrected chi connectivity index (χ0v) is 12.1. The lowest BCUT2D eigenvalue weighted by molar-refractivity contribution is 0.320. The Bertz CT molecular complexity index is 660. The molecule has 1 aliphatic heterocycles. The number of fused-ring (bicyclic) bond motifs is 2. The molecule has 2 bridgehead atoms. The van der Waals surface area contributed by atoms with Gasteiger partial charge in [-0.05, 0) is 54.0 Å². The molecule has 2 heteroatoms. The minimum Gasteiger partial charge on any atom is -0.316 e. The largest absolute Gasteiger partial charge is 0.316 e. The fourth-order valence-electron chi connectivity index (χ4n) is 3.65. The minimum absolute atomic E-state index is 0.658. The second kappa shape index (κ2) is 5.45. The van der Waals surface area contributed by atoms with Crippen LogP contribution in [0.25, 0.3) is 16.7 Å². The Balaban J connectivity index is 1.70. The molecule has 21 heavy (non-hydrogen) atoms. The minimum atomic E-state index is 0.658. The van der Waals surface area contributed by atoms with Gasteiger partial charge in [-0.2, -0.15) is 0 Å². The van der Waals surface area contributed by atoms with Crippen molar-refractivity contribution in [2.75, 3.05) is 13.1 Å². The normalized spacial score (nSPS) is 24.5. The van der Waals surface area contributed by atoms with E-state index in [-0.39, 0.29) is 0 Å². The summed E-state index contributed by atoms with van der Waals surface area (Å²) in [7, 11) is 0. The van der Waals surface area contributed by atoms with Crippen molar-refractivity contribution in [2.45, 2.75) is 12.8 Å². The Hall–Kier alpha value is -1.93. The molecule has 0 amide bonds. The first-order valence-electron chi connectivity index (χ1n) is 7.82.